The molecular formula is C35H28N4. The van der Waals surface area contributed by atoms with E-state index >= 15 is 0 Å². The number of aryl methyl sites for hydroxylation is 1. The summed E-state index contributed by atoms with van der Waals surface area (Å²) in [6.45, 7) is 2.21. The first-order chi connectivity index (χ1) is 19.3. The molecule has 0 saturated heterocycles. The van der Waals surface area contributed by atoms with Crippen LogP contribution in [-0.2, 0) is 6.42 Å². The molecule has 2 heterocycles. The van der Waals surface area contributed by atoms with Crippen LogP contribution in [0, 0.1) is 0 Å². The zero-order valence-corrected chi connectivity index (χ0v) is 21.8. The molecule has 4 heteroatoms. The second-order valence-electron chi connectivity index (χ2n) is 9.88. The van der Waals surface area contributed by atoms with Gasteiger partial charge in [0.05, 0.1) is 11.0 Å². The molecule has 0 aliphatic heterocycles. The van der Waals surface area contributed by atoms with Crippen molar-refractivity contribution in [1.82, 2.24) is 19.3 Å². The van der Waals surface area contributed by atoms with Crippen LogP contribution in [0.2, 0.25) is 0 Å². The molecule has 0 aliphatic carbocycles. The maximum Gasteiger partial charge on any atom is 0.168 e. The van der Waals surface area contributed by atoms with Crippen LogP contribution in [-0.4, -0.2) is 19.3 Å². The minimum absolute atomic E-state index is 0.825. The molecule has 0 amide bonds. The fourth-order valence-corrected chi connectivity index (χ4v) is 5.55. The van der Waals surface area contributed by atoms with Crippen molar-refractivity contribution in [2.75, 3.05) is 0 Å². The third kappa shape index (κ3) is 4.02. The maximum atomic E-state index is 4.70. The van der Waals surface area contributed by atoms with E-state index in [9.17, 15) is 0 Å². The van der Waals surface area contributed by atoms with Crippen molar-refractivity contribution in [2.45, 2.75) is 19.8 Å². The Labute approximate surface area is 227 Å². The zero-order chi connectivity index (χ0) is 26.2. The lowest BCUT2D eigenvalue weighted by molar-refractivity contribution is 0.920. The first kappa shape index (κ1) is 23.2. The number of para-hydroxylation sites is 2. The van der Waals surface area contributed by atoms with Crippen LogP contribution in [0.15, 0.2) is 127 Å². The predicted octanol–water partition coefficient (Wildman–Crippen LogP) is 8.65. The number of nitrogens with zero attached hydrogens (tertiary/aromatic N) is 4. The fourth-order valence-electron chi connectivity index (χ4n) is 5.55. The number of benzene rings is 5. The van der Waals surface area contributed by atoms with Gasteiger partial charge >= 0.3 is 0 Å². The van der Waals surface area contributed by atoms with Gasteiger partial charge in [0.15, 0.2) is 11.6 Å². The summed E-state index contributed by atoms with van der Waals surface area (Å²) in [5, 5.41) is 11.9. The fraction of sp³-hybridized carbons (Fsp3) is 0.0857. The van der Waals surface area contributed by atoms with Crippen molar-refractivity contribution in [3.05, 3.63) is 133 Å². The van der Waals surface area contributed by atoms with E-state index in [0.717, 1.165) is 47.0 Å². The van der Waals surface area contributed by atoms with Crippen molar-refractivity contribution in [3.8, 4) is 34.2 Å². The van der Waals surface area contributed by atoms with E-state index in [0.29, 0.717) is 0 Å². The molecule has 0 N–H and O–H groups in total. The topological polar surface area (TPSA) is 35.6 Å². The highest BCUT2D eigenvalue weighted by Crippen LogP contribution is 2.33. The standard InChI is InChI=1S/C35H28N4/c1-2-10-25-17-21-29(22-18-25)39-34(26-11-4-3-5-12-26)36-37-35(39)27-19-23-28(24-20-27)38-32-15-8-6-13-30(32)31-14-7-9-16-33(31)38/h3-9,11-24H,2,10H2,1H3. The normalized spacial score (nSPS) is 11.4. The number of fused-ring (bicyclic) bond motifs is 3. The van der Waals surface area contributed by atoms with E-state index in [1.807, 2.05) is 18.2 Å². The van der Waals surface area contributed by atoms with Gasteiger partial charge in [-0.15, -0.1) is 10.2 Å². The molecule has 0 atom stereocenters. The quantitative estimate of drug-likeness (QED) is 0.227. The molecule has 4 nitrogen and oxygen atoms in total. The Morgan fingerprint density at radius 2 is 0.974 bits per heavy atom. The summed E-state index contributed by atoms with van der Waals surface area (Å²) >= 11 is 0. The monoisotopic (exact) mass is 504 g/mol. The highest BCUT2D eigenvalue weighted by molar-refractivity contribution is 6.09. The minimum Gasteiger partial charge on any atom is -0.309 e. The Balaban J connectivity index is 1.36. The first-order valence-corrected chi connectivity index (χ1v) is 13.5. The molecule has 7 rings (SSSR count). The molecule has 0 aliphatic rings. The number of hydrogen-bond donors (Lipinski definition) is 0. The van der Waals surface area contributed by atoms with Gasteiger partial charge in [0, 0.05) is 33.3 Å². The zero-order valence-electron chi connectivity index (χ0n) is 21.8. The highest BCUT2D eigenvalue weighted by atomic mass is 15.3. The lowest BCUT2D eigenvalue weighted by Crippen LogP contribution is -2.01. The molecule has 0 saturated carbocycles. The summed E-state index contributed by atoms with van der Waals surface area (Å²) < 4.78 is 4.50. The van der Waals surface area contributed by atoms with Gasteiger partial charge in [-0.2, -0.15) is 0 Å². The number of aromatic nitrogens is 4. The van der Waals surface area contributed by atoms with Crippen molar-refractivity contribution >= 4 is 21.8 Å². The largest absolute Gasteiger partial charge is 0.309 e. The van der Waals surface area contributed by atoms with Gasteiger partial charge in [-0.3, -0.25) is 4.57 Å². The smallest absolute Gasteiger partial charge is 0.168 e. The van der Waals surface area contributed by atoms with Crippen molar-refractivity contribution < 1.29 is 0 Å². The van der Waals surface area contributed by atoms with E-state index in [-0.39, 0.29) is 0 Å². The number of hydrogen-bond acceptors (Lipinski definition) is 2. The third-order valence-corrected chi connectivity index (χ3v) is 7.39. The minimum atomic E-state index is 0.825. The van der Waals surface area contributed by atoms with E-state index in [4.69, 9.17) is 5.10 Å². The Morgan fingerprint density at radius 1 is 0.487 bits per heavy atom. The van der Waals surface area contributed by atoms with Gasteiger partial charge in [0.1, 0.15) is 0 Å². The maximum absolute atomic E-state index is 4.70. The van der Waals surface area contributed by atoms with Crippen LogP contribution in [0.4, 0.5) is 0 Å². The molecular weight excluding hydrogens is 476 g/mol. The van der Waals surface area contributed by atoms with E-state index in [1.165, 1.54) is 27.4 Å². The lowest BCUT2D eigenvalue weighted by atomic mass is 10.1. The molecule has 7 aromatic rings. The predicted molar refractivity (Wildman–Crippen MR) is 161 cm³/mol. The van der Waals surface area contributed by atoms with Crippen molar-refractivity contribution in [3.63, 3.8) is 0 Å². The van der Waals surface area contributed by atoms with Gasteiger partial charge in [-0.1, -0.05) is 92.2 Å². The summed E-state index contributed by atoms with van der Waals surface area (Å²) in [6.07, 6.45) is 2.20. The summed E-state index contributed by atoms with van der Waals surface area (Å²) in [4.78, 5) is 0. The molecule has 0 bridgehead atoms. The van der Waals surface area contributed by atoms with Gasteiger partial charge in [0.2, 0.25) is 0 Å². The lowest BCUT2D eigenvalue weighted by Gasteiger charge is -2.13. The molecule has 0 spiro atoms. The third-order valence-electron chi connectivity index (χ3n) is 7.39. The molecule has 0 fully saturated rings. The first-order valence-electron chi connectivity index (χ1n) is 13.5. The van der Waals surface area contributed by atoms with Crippen LogP contribution in [0.5, 0.6) is 0 Å². The van der Waals surface area contributed by atoms with Crippen LogP contribution >= 0.6 is 0 Å². The second-order valence-corrected chi connectivity index (χ2v) is 9.88. The van der Waals surface area contributed by atoms with Gasteiger partial charge in [-0.05, 0) is 60.5 Å². The molecule has 188 valence electrons. The summed E-state index contributed by atoms with van der Waals surface area (Å²) in [5.74, 6) is 1.66. The van der Waals surface area contributed by atoms with Crippen molar-refractivity contribution in [2.24, 2.45) is 0 Å². The van der Waals surface area contributed by atoms with Crippen LogP contribution < -0.4 is 0 Å². The Kier molecular flexibility index (Phi) is 5.78. The van der Waals surface area contributed by atoms with E-state index < -0.39 is 0 Å². The Hall–Kier alpha value is -4.96. The van der Waals surface area contributed by atoms with Gasteiger partial charge < -0.3 is 4.57 Å². The highest BCUT2D eigenvalue weighted by Gasteiger charge is 2.18. The van der Waals surface area contributed by atoms with Crippen LogP contribution in [0.1, 0.15) is 18.9 Å². The summed E-state index contributed by atoms with van der Waals surface area (Å²) in [7, 11) is 0. The van der Waals surface area contributed by atoms with E-state index in [2.05, 4.69) is 130 Å². The summed E-state index contributed by atoms with van der Waals surface area (Å²) in [5.41, 5.74) is 7.98. The van der Waals surface area contributed by atoms with Crippen LogP contribution in [0.3, 0.4) is 0 Å². The second kappa shape index (κ2) is 9.73. The molecule has 2 aromatic heterocycles. The average molecular weight is 505 g/mol. The van der Waals surface area contributed by atoms with Crippen LogP contribution in [0.25, 0.3) is 56.0 Å². The SMILES string of the molecule is CCCc1ccc(-n2c(-c3ccccc3)nnc2-c2ccc(-n3c4ccccc4c4ccccc43)cc2)cc1. The summed E-state index contributed by atoms with van der Waals surface area (Å²) in [6, 6.07) is 44.9. The number of rotatable bonds is 6. The Morgan fingerprint density at radius 3 is 1.56 bits per heavy atom. The molecule has 39 heavy (non-hydrogen) atoms. The molecule has 0 radical (unpaired) electrons. The van der Waals surface area contributed by atoms with Crippen molar-refractivity contribution in [1.29, 1.82) is 0 Å². The average Bonchev–Trinajstić information content (AvgIpc) is 3.59. The van der Waals surface area contributed by atoms with Gasteiger partial charge in [-0.25, -0.2) is 0 Å². The Bertz CT molecular complexity index is 1840. The van der Waals surface area contributed by atoms with Gasteiger partial charge in [0.25, 0.3) is 0 Å². The molecule has 0 unspecified atom stereocenters. The molecule has 5 aromatic carbocycles. The van der Waals surface area contributed by atoms with E-state index in [1.54, 1.807) is 0 Å².